The monoisotopic (exact) mass is 443 g/mol. The quantitative estimate of drug-likeness (QED) is 0.600. The molecule has 33 heavy (non-hydrogen) atoms. The molecule has 0 aliphatic carbocycles. The van der Waals surface area contributed by atoms with E-state index in [1.165, 1.54) is 0 Å². The number of rotatable bonds is 6. The molecule has 1 saturated heterocycles. The van der Waals surface area contributed by atoms with Crippen molar-refractivity contribution >= 4 is 34.3 Å². The van der Waals surface area contributed by atoms with E-state index < -0.39 is 5.97 Å². The first-order valence-corrected chi connectivity index (χ1v) is 10.9. The molecule has 1 aliphatic heterocycles. The molecule has 1 fully saturated rings. The highest BCUT2D eigenvalue weighted by molar-refractivity contribution is 6.08. The zero-order valence-electron chi connectivity index (χ0n) is 18.4. The predicted octanol–water partition coefficient (Wildman–Crippen LogP) is 3.53. The number of piperazine rings is 1. The predicted molar refractivity (Wildman–Crippen MR) is 127 cm³/mol. The molecule has 168 valence electrons. The van der Waals surface area contributed by atoms with Crippen LogP contribution in [0.2, 0.25) is 0 Å². The fraction of sp³-hybridized carbons (Fsp3) is 0.280. The molecular formula is C25H25N5O3. The second-order valence-corrected chi connectivity index (χ2v) is 8.07. The van der Waals surface area contributed by atoms with E-state index in [-0.39, 0.29) is 11.5 Å². The number of benzene rings is 2. The number of nitriles is 1. The summed E-state index contributed by atoms with van der Waals surface area (Å²) in [6.07, 6.45) is 0.500. The first-order valence-electron chi connectivity index (χ1n) is 10.9. The Bertz CT molecular complexity index is 1240. The minimum Gasteiger partial charge on any atom is -0.478 e. The van der Waals surface area contributed by atoms with Crippen LogP contribution in [-0.2, 0) is 0 Å². The zero-order chi connectivity index (χ0) is 23.4. The van der Waals surface area contributed by atoms with Gasteiger partial charge >= 0.3 is 5.97 Å². The van der Waals surface area contributed by atoms with Crippen molar-refractivity contribution in [2.45, 2.75) is 13.3 Å². The van der Waals surface area contributed by atoms with E-state index in [1.54, 1.807) is 36.4 Å². The Balaban J connectivity index is 1.59. The van der Waals surface area contributed by atoms with E-state index >= 15 is 0 Å². The van der Waals surface area contributed by atoms with Crippen molar-refractivity contribution in [1.29, 1.82) is 5.26 Å². The molecule has 1 amide bonds. The number of anilines is 2. The molecule has 8 heteroatoms. The number of nitrogens with zero attached hydrogens (tertiary/aromatic N) is 4. The van der Waals surface area contributed by atoms with Gasteiger partial charge in [0.25, 0.3) is 5.91 Å². The smallest absolute Gasteiger partial charge is 0.336 e. The molecule has 0 atom stereocenters. The van der Waals surface area contributed by atoms with Crippen LogP contribution in [-0.4, -0.2) is 59.6 Å². The number of aryl methyl sites for hydroxylation is 1. The molecule has 2 heterocycles. The van der Waals surface area contributed by atoms with E-state index in [0.29, 0.717) is 47.5 Å². The number of carboxylic acids is 1. The van der Waals surface area contributed by atoms with Crippen molar-refractivity contribution < 1.29 is 14.7 Å². The van der Waals surface area contributed by atoms with Gasteiger partial charge in [-0.1, -0.05) is 18.2 Å². The lowest BCUT2D eigenvalue weighted by molar-refractivity contribution is 0.0698. The number of aromatic carboxylic acids is 1. The highest BCUT2D eigenvalue weighted by atomic mass is 16.4. The number of carboxylic acid groups (broad SMARTS) is 1. The van der Waals surface area contributed by atoms with Gasteiger partial charge in [-0.05, 0) is 42.8 Å². The Morgan fingerprint density at radius 3 is 2.55 bits per heavy atom. The molecule has 4 rings (SSSR count). The Hall–Kier alpha value is -3.96. The summed E-state index contributed by atoms with van der Waals surface area (Å²) in [6.45, 7) is 5.64. The first kappa shape index (κ1) is 22.2. The average Bonchev–Trinajstić information content (AvgIpc) is 2.82. The van der Waals surface area contributed by atoms with Gasteiger partial charge in [0.1, 0.15) is 5.82 Å². The molecular weight excluding hydrogens is 418 g/mol. The van der Waals surface area contributed by atoms with Gasteiger partial charge < -0.3 is 15.3 Å². The highest BCUT2D eigenvalue weighted by Crippen LogP contribution is 2.27. The molecule has 1 aliphatic rings. The van der Waals surface area contributed by atoms with E-state index in [9.17, 15) is 14.7 Å². The molecule has 2 aromatic carbocycles. The maximum absolute atomic E-state index is 12.7. The molecule has 3 aromatic rings. The topological polar surface area (TPSA) is 110 Å². The van der Waals surface area contributed by atoms with Crippen molar-refractivity contribution in [2.24, 2.45) is 0 Å². The number of nitrogens with one attached hydrogen (secondary N) is 1. The second kappa shape index (κ2) is 9.67. The van der Waals surface area contributed by atoms with Gasteiger partial charge in [0, 0.05) is 55.8 Å². The normalized spacial score (nSPS) is 14.1. The summed E-state index contributed by atoms with van der Waals surface area (Å²) in [7, 11) is 0. The van der Waals surface area contributed by atoms with Gasteiger partial charge in [0.2, 0.25) is 0 Å². The molecule has 0 radical (unpaired) electrons. The standard InChI is InChI=1S/C25H25N5O3/c1-17-5-2-3-6-19(17)24(31)27-18-7-8-22-20(15-18)21(25(32)33)16-23(28-22)30-13-11-29(12-14-30)10-4-9-26/h2-3,5-8,15-16H,4,10-14H2,1H3,(H,27,31)(H,32,33). The summed E-state index contributed by atoms with van der Waals surface area (Å²) < 4.78 is 0. The number of fused-ring (bicyclic) bond motifs is 1. The lowest BCUT2D eigenvalue weighted by Crippen LogP contribution is -2.46. The van der Waals surface area contributed by atoms with Crippen molar-refractivity contribution in [1.82, 2.24) is 9.88 Å². The third-order valence-corrected chi connectivity index (χ3v) is 5.91. The number of aromatic nitrogens is 1. The second-order valence-electron chi connectivity index (χ2n) is 8.07. The van der Waals surface area contributed by atoms with Crippen molar-refractivity contribution in [3.05, 3.63) is 65.2 Å². The summed E-state index contributed by atoms with van der Waals surface area (Å²) in [5.74, 6) is -0.668. The zero-order valence-corrected chi connectivity index (χ0v) is 18.4. The fourth-order valence-corrected chi connectivity index (χ4v) is 4.06. The number of hydrogen-bond acceptors (Lipinski definition) is 6. The van der Waals surface area contributed by atoms with Gasteiger partial charge in [-0.15, -0.1) is 0 Å². The van der Waals surface area contributed by atoms with Crippen LogP contribution in [0.3, 0.4) is 0 Å². The van der Waals surface area contributed by atoms with E-state index in [0.717, 1.165) is 25.2 Å². The summed E-state index contributed by atoms with van der Waals surface area (Å²) in [4.78, 5) is 33.7. The van der Waals surface area contributed by atoms with E-state index in [2.05, 4.69) is 21.2 Å². The third kappa shape index (κ3) is 4.94. The lowest BCUT2D eigenvalue weighted by Gasteiger charge is -2.35. The fourth-order valence-electron chi connectivity index (χ4n) is 4.06. The maximum atomic E-state index is 12.7. The third-order valence-electron chi connectivity index (χ3n) is 5.91. The van der Waals surface area contributed by atoms with Crippen LogP contribution >= 0.6 is 0 Å². The SMILES string of the molecule is Cc1ccccc1C(=O)Nc1ccc2nc(N3CCN(CCC#N)CC3)cc(C(=O)O)c2c1. The molecule has 8 nitrogen and oxygen atoms in total. The van der Waals surface area contributed by atoms with Gasteiger partial charge in [-0.25, -0.2) is 9.78 Å². The van der Waals surface area contributed by atoms with E-state index in [1.807, 2.05) is 19.1 Å². The molecule has 0 bridgehead atoms. The Kier molecular flexibility index (Phi) is 6.52. The Labute approximate surface area is 192 Å². The number of amides is 1. The Morgan fingerprint density at radius 2 is 1.85 bits per heavy atom. The molecule has 0 unspecified atom stereocenters. The molecule has 0 spiro atoms. The van der Waals surface area contributed by atoms with Crippen molar-refractivity contribution in [3.8, 4) is 6.07 Å². The van der Waals surface area contributed by atoms with Gasteiger partial charge in [-0.3, -0.25) is 9.69 Å². The van der Waals surface area contributed by atoms with Crippen LogP contribution in [0, 0.1) is 18.3 Å². The van der Waals surface area contributed by atoms with Crippen LogP contribution in [0.1, 0.15) is 32.7 Å². The number of carbonyl (C=O) groups excluding carboxylic acids is 1. The van der Waals surface area contributed by atoms with E-state index in [4.69, 9.17) is 10.2 Å². The van der Waals surface area contributed by atoms with Crippen LogP contribution < -0.4 is 10.2 Å². The van der Waals surface area contributed by atoms with Crippen LogP contribution in [0.5, 0.6) is 0 Å². The van der Waals surface area contributed by atoms with Crippen molar-refractivity contribution in [3.63, 3.8) is 0 Å². The van der Waals surface area contributed by atoms with Gasteiger partial charge in [0.15, 0.2) is 0 Å². The lowest BCUT2D eigenvalue weighted by atomic mass is 10.1. The Morgan fingerprint density at radius 1 is 1.09 bits per heavy atom. The minimum absolute atomic E-state index is 0.147. The van der Waals surface area contributed by atoms with Gasteiger partial charge in [-0.2, -0.15) is 5.26 Å². The summed E-state index contributed by atoms with van der Waals surface area (Å²) in [6, 6.07) is 16.2. The summed E-state index contributed by atoms with van der Waals surface area (Å²) in [5.41, 5.74) is 2.65. The summed E-state index contributed by atoms with van der Waals surface area (Å²) >= 11 is 0. The van der Waals surface area contributed by atoms with Crippen LogP contribution in [0.15, 0.2) is 48.5 Å². The number of hydrogen-bond donors (Lipinski definition) is 2. The largest absolute Gasteiger partial charge is 0.478 e. The van der Waals surface area contributed by atoms with Gasteiger partial charge in [0.05, 0.1) is 17.1 Å². The van der Waals surface area contributed by atoms with Crippen LogP contribution in [0.4, 0.5) is 11.5 Å². The molecule has 2 N–H and O–H groups in total. The van der Waals surface area contributed by atoms with Crippen LogP contribution in [0.25, 0.3) is 10.9 Å². The summed E-state index contributed by atoms with van der Waals surface area (Å²) in [5, 5.41) is 22.0. The minimum atomic E-state index is -1.04. The maximum Gasteiger partial charge on any atom is 0.336 e. The number of pyridine rings is 1. The molecule has 1 aromatic heterocycles. The average molecular weight is 444 g/mol. The highest BCUT2D eigenvalue weighted by Gasteiger charge is 2.21. The molecule has 0 saturated carbocycles. The van der Waals surface area contributed by atoms with Crippen molar-refractivity contribution in [2.75, 3.05) is 42.9 Å². The number of carbonyl (C=O) groups is 2. The first-order chi connectivity index (χ1) is 16.0.